The molecule has 2 unspecified atom stereocenters. The van der Waals surface area contributed by atoms with E-state index in [1.807, 2.05) is 25.1 Å². The number of hydrogen-bond donors (Lipinski definition) is 1. The van der Waals surface area contributed by atoms with Crippen LogP contribution in [0.3, 0.4) is 0 Å². The van der Waals surface area contributed by atoms with E-state index < -0.39 is 11.9 Å². The fourth-order valence-corrected chi connectivity index (χ4v) is 2.56. The van der Waals surface area contributed by atoms with Crippen molar-refractivity contribution in [2.24, 2.45) is 5.92 Å². The molecule has 2 atom stereocenters. The van der Waals surface area contributed by atoms with Crippen molar-refractivity contribution in [2.45, 2.75) is 39.7 Å². The predicted octanol–water partition coefficient (Wildman–Crippen LogP) is 4.09. The summed E-state index contributed by atoms with van der Waals surface area (Å²) in [7, 11) is 0. The summed E-state index contributed by atoms with van der Waals surface area (Å²) in [5.74, 6) is -0.661. The maximum Gasteiger partial charge on any atom is 0.306 e. The summed E-state index contributed by atoms with van der Waals surface area (Å²) in [6.45, 7) is 7.75. The normalized spacial score (nSPS) is 14.7. The highest BCUT2D eigenvalue weighted by Gasteiger charge is 2.27. The first-order chi connectivity index (χ1) is 9.32. The first-order valence-electron chi connectivity index (χ1n) is 6.73. The predicted molar refractivity (Wildman–Crippen MR) is 80.3 cm³/mol. The van der Waals surface area contributed by atoms with Crippen LogP contribution in [0.4, 0.5) is 0 Å². The van der Waals surface area contributed by atoms with Gasteiger partial charge in [0.25, 0.3) is 0 Å². The zero-order valence-electron chi connectivity index (χ0n) is 12.1. The zero-order chi connectivity index (χ0) is 15.0. The number of imidazole rings is 1. The third kappa shape index (κ3) is 2.52. The molecule has 0 spiro atoms. The number of halogens is 1. The largest absolute Gasteiger partial charge is 0.481 e. The van der Waals surface area contributed by atoms with Crippen molar-refractivity contribution in [3.05, 3.63) is 29.0 Å². The van der Waals surface area contributed by atoms with Gasteiger partial charge in [0.2, 0.25) is 0 Å². The number of hydrogen-bond acceptors (Lipinski definition) is 2. The maximum absolute atomic E-state index is 11.2. The number of rotatable bonds is 4. The molecule has 1 N–H and O–H groups in total. The number of benzene rings is 1. The Labute approximate surface area is 123 Å². The SMILES string of the molecule is CC(C(=O)O)C(C)c1nc2cc(Cl)ccc2n1C(C)C. The van der Waals surface area contributed by atoms with Gasteiger partial charge in [-0.25, -0.2) is 4.98 Å². The summed E-state index contributed by atoms with van der Waals surface area (Å²) in [5.41, 5.74) is 1.80. The zero-order valence-corrected chi connectivity index (χ0v) is 12.8. The lowest BCUT2D eigenvalue weighted by molar-refractivity contribution is -0.141. The summed E-state index contributed by atoms with van der Waals surface area (Å²) in [6.07, 6.45) is 0. The Bertz CT molecular complexity index is 649. The fraction of sp³-hybridized carbons (Fsp3) is 0.467. The molecule has 20 heavy (non-hydrogen) atoms. The molecule has 0 saturated heterocycles. The highest BCUT2D eigenvalue weighted by Crippen LogP contribution is 2.31. The minimum Gasteiger partial charge on any atom is -0.481 e. The summed E-state index contributed by atoms with van der Waals surface area (Å²) in [6, 6.07) is 5.79. The van der Waals surface area contributed by atoms with Crippen LogP contribution < -0.4 is 0 Å². The second-order valence-corrected chi connectivity index (χ2v) is 5.92. The van der Waals surface area contributed by atoms with Crippen LogP contribution in [0, 0.1) is 5.92 Å². The van der Waals surface area contributed by atoms with Gasteiger partial charge in [0, 0.05) is 17.0 Å². The van der Waals surface area contributed by atoms with Gasteiger partial charge in [-0.2, -0.15) is 0 Å². The molecule has 0 aliphatic heterocycles. The van der Waals surface area contributed by atoms with Crippen LogP contribution in [-0.4, -0.2) is 20.6 Å². The highest BCUT2D eigenvalue weighted by molar-refractivity contribution is 6.31. The van der Waals surface area contributed by atoms with E-state index in [4.69, 9.17) is 11.6 Å². The van der Waals surface area contributed by atoms with Crippen molar-refractivity contribution in [1.82, 2.24) is 9.55 Å². The number of carbonyl (C=O) groups is 1. The quantitative estimate of drug-likeness (QED) is 0.924. The minimum absolute atomic E-state index is 0.166. The molecule has 108 valence electrons. The van der Waals surface area contributed by atoms with Crippen molar-refractivity contribution in [3.63, 3.8) is 0 Å². The van der Waals surface area contributed by atoms with Gasteiger partial charge in [0.05, 0.1) is 17.0 Å². The van der Waals surface area contributed by atoms with Crippen LogP contribution in [0.2, 0.25) is 5.02 Å². The number of carboxylic acid groups (broad SMARTS) is 1. The van der Waals surface area contributed by atoms with E-state index in [0.29, 0.717) is 5.02 Å². The van der Waals surface area contributed by atoms with Crippen molar-refractivity contribution < 1.29 is 9.90 Å². The molecule has 0 fully saturated rings. The van der Waals surface area contributed by atoms with Crippen LogP contribution in [0.5, 0.6) is 0 Å². The summed E-state index contributed by atoms with van der Waals surface area (Å²) in [4.78, 5) is 15.8. The van der Waals surface area contributed by atoms with E-state index in [1.165, 1.54) is 0 Å². The van der Waals surface area contributed by atoms with Crippen LogP contribution in [-0.2, 0) is 4.79 Å². The fourth-order valence-electron chi connectivity index (χ4n) is 2.39. The molecule has 1 aromatic carbocycles. The molecule has 1 heterocycles. The lowest BCUT2D eigenvalue weighted by Gasteiger charge is -2.20. The molecule has 1 aromatic heterocycles. The monoisotopic (exact) mass is 294 g/mol. The first kappa shape index (κ1) is 14.9. The number of nitrogens with zero attached hydrogens (tertiary/aromatic N) is 2. The van der Waals surface area contributed by atoms with Crippen LogP contribution in [0.25, 0.3) is 11.0 Å². The number of carboxylic acids is 1. The molecule has 0 saturated carbocycles. The molecule has 5 heteroatoms. The Morgan fingerprint density at radius 3 is 2.50 bits per heavy atom. The lowest BCUT2D eigenvalue weighted by atomic mass is 9.95. The van der Waals surface area contributed by atoms with Crippen LogP contribution in [0.15, 0.2) is 18.2 Å². The van der Waals surface area contributed by atoms with E-state index in [0.717, 1.165) is 16.9 Å². The molecule has 2 aromatic rings. The van der Waals surface area contributed by atoms with Gasteiger partial charge in [-0.15, -0.1) is 0 Å². The second kappa shape index (κ2) is 5.44. The summed E-state index contributed by atoms with van der Waals surface area (Å²) >= 11 is 6.01. The number of fused-ring (bicyclic) bond motifs is 1. The Kier molecular flexibility index (Phi) is 4.04. The van der Waals surface area contributed by atoms with Crippen LogP contribution in [0.1, 0.15) is 45.5 Å². The van der Waals surface area contributed by atoms with Crippen molar-refractivity contribution in [3.8, 4) is 0 Å². The maximum atomic E-state index is 11.2. The molecule has 4 nitrogen and oxygen atoms in total. The van der Waals surface area contributed by atoms with E-state index in [1.54, 1.807) is 6.92 Å². The van der Waals surface area contributed by atoms with Crippen molar-refractivity contribution >= 4 is 28.6 Å². The Balaban J connectivity index is 2.63. The van der Waals surface area contributed by atoms with Crippen LogP contribution >= 0.6 is 11.6 Å². The highest BCUT2D eigenvalue weighted by atomic mass is 35.5. The number of aromatic nitrogens is 2. The van der Waals surface area contributed by atoms with Gasteiger partial charge < -0.3 is 9.67 Å². The molecular formula is C15H19ClN2O2. The molecule has 0 bridgehead atoms. The van der Waals surface area contributed by atoms with Crippen molar-refractivity contribution in [2.75, 3.05) is 0 Å². The molecule has 0 aliphatic carbocycles. The number of aliphatic carboxylic acids is 1. The van der Waals surface area contributed by atoms with E-state index in [9.17, 15) is 9.90 Å². The van der Waals surface area contributed by atoms with E-state index >= 15 is 0 Å². The van der Waals surface area contributed by atoms with Gasteiger partial charge in [-0.05, 0) is 32.0 Å². The second-order valence-electron chi connectivity index (χ2n) is 5.48. The van der Waals surface area contributed by atoms with Gasteiger partial charge in [-0.3, -0.25) is 4.79 Å². The van der Waals surface area contributed by atoms with Gasteiger partial charge >= 0.3 is 5.97 Å². The van der Waals surface area contributed by atoms with Crippen molar-refractivity contribution in [1.29, 1.82) is 0 Å². The lowest BCUT2D eigenvalue weighted by Crippen LogP contribution is -2.20. The van der Waals surface area contributed by atoms with E-state index in [2.05, 4.69) is 23.4 Å². The third-order valence-corrected chi connectivity index (χ3v) is 3.98. The molecule has 0 radical (unpaired) electrons. The summed E-state index contributed by atoms with van der Waals surface area (Å²) < 4.78 is 2.09. The average Bonchev–Trinajstić information content (AvgIpc) is 2.74. The Morgan fingerprint density at radius 2 is 1.95 bits per heavy atom. The van der Waals surface area contributed by atoms with Gasteiger partial charge in [0.1, 0.15) is 5.82 Å². The first-order valence-corrected chi connectivity index (χ1v) is 7.11. The van der Waals surface area contributed by atoms with E-state index in [-0.39, 0.29) is 12.0 Å². The third-order valence-electron chi connectivity index (χ3n) is 3.74. The average molecular weight is 295 g/mol. The van der Waals surface area contributed by atoms with Gasteiger partial charge in [-0.1, -0.05) is 25.4 Å². The summed E-state index contributed by atoms with van der Waals surface area (Å²) in [5, 5.41) is 9.84. The smallest absolute Gasteiger partial charge is 0.306 e. The molecule has 2 rings (SSSR count). The minimum atomic E-state index is -0.808. The Hall–Kier alpha value is -1.55. The topological polar surface area (TPSA) is 55.1 Å². The Morgan fingerprint density at radius 1 is 1.30 bits per heavy atom. The molecule has 0 aliphatic rings. The molecule has 0 amide bonds. The van der Waals surface area contributed by atoms with Gasteiger partial charge in [0.15, 0.2) is 0 Å². The molecular weight excluding hydrogens is 276 g/mol. The standard InChI is InChI=1S/C15H19ClN2O2/c1-8(2)18-13-6-5-11(16)7-12(13)17-14(18)9(3)10(4)15(19)20/h5-10H,1-4H3,(H,19,20).